The molecule has 0 spiro atoms. The summed E-state index contributed by atoms with van der Waals surface area (Å²) in [6, 6.07) is 0. The Labute approximate surface area is 153 Å². The minimum absolute atomic E-state index is 0.160. The van der Waals surface area contributed by atoms with Gasteiger partial charge in [0.05, 0.1) is 6.61 Å². The van der Waals surface area contributed by atoms with Gasteiger partial charge in [-0.3, -0.25) is 4.79 Å². The zero-order valence-corrected chi connectivity index (χ0v) is 16.6. The Hall–Kier alpha value is -1.12. The molecular formula is C22H36O3. The molecule has 2 aliphatic carbocycles. The molecule has 142 valence electrons. The molecule has 3 heteroatoms. The highest BCUT2D eigenvalue weighted by atomic mass is 16.5. The Bertz CT molecular complexity index is 511. The van der Waals surface area contributed by atoms with Crippen molar-refractivity contribution < 1.29 is 14.3 Å². The summed E-state index contributed by atoms with van der Waals surface area (Å²) in [5.41, 5.74) is 1.44. The molecule has 2 aliphatic rings. The fourth-order valence-electron chi connectivity index (χ4n) is 5.67. The van der Waals surface area contributed by atoms with Crippen LogP contribution in [-0.2, 0) is 14.3 Å². The fraction of sp³-hybridized carbons (Fsp3) is 0.818. The third-order valence-corrected chi connectivity index (χ3v) is 7.20. The molecule has 3 nitrogen and oxygen atoms in total. The Balaban J connectivity index is 2.01. The van der Waals surface area contributed by atoms with Gasteiger partial charge < -0.3 is 9.53 Å². The van der Waals surface area contributed by atoms with Gasteiger partial charge in [0.15, 0.2) is 0 Å². The Morgan fingerprint density at radius 2 is 2.08 bits per heavy atom. The molecule has 0 aromatic carbocycles. The van der Waals surface area contributed by atoms with Gasteiger partial charge in [0.1, 0.15) is 6.29 Å². The molecule has 0 heterocycles. The molecule has 2 saturated carbocycles. The van der Waals surface area contributed by atoms with Crippen molar-refractivity contribution in [1.29, 1.82) is 0 Å². The lowest BCUT2D eigenvalue weighted by atomic mass is 9.47. The van der Waals surface area contributed by atoms with Gasteiger partial charge in [-0.1, -0.05) is 39.3 Å². The van der Waals surface area contributed by atoms with Crippen molar-refractivity contribution in [3.63, 3.8) is 0 Å². The van der Waals surface area contributed by atoms with Crippen molar-refractivity contribution >= 4 is 12.3 Å². The van der Waals surface area contributed by atoms with E-state index in [9.17, 15) is 9.59 Å². The molecule has 2 rings (SSSR count). The van der Waals surface area contributed by atoms with Crippen LogP contribution < -0.4 is 0 Å². The first-order valence-corrected chi connectivity index (χ1v) is 10.0. The van der Waals surface area contributed by atoms with Crippen molar-refractivity contribution in [3.05, 3.63) is 12.2 Å². The van der Waals surface area contributed by atoms with E-state index in [1.54, 1.807) is 0 Å². The van der Waals surface area contributed by atoms with Crippen LogP contribution in [0.15, 0.2) is 12.2 Å². The maximum atomic E-state index is 11.8. The molecule has 2 fully saturated rings. The van der Waals surface area contributed by atoms with E-state index in [1.807, 2.05) is 0 Å². The maximum absolute atomic E-state index is 11.8. The third-order valence-electron chi connectivity index (χ3n) is 7.20. The van der Waals surface area contributed by atoms with E-state index in [4.69, 9.17) is 4.74 Å². The van der Waals surface area contributed by atoms with Crippen LogP contribution in [0.3, 0.4) is 0 Å². The van der Waals surface area contributed by atoms with Gasteiger partial charge >= 0.3 is 5.97 Å². The van der Waals surface area contributed by atoms with Crippen LogP contribution in [0.25, 0.3) is 0 Å². The summed E-state index contributed by atoms with van der Waals surface area (Å²) < 4.78 is 5.08. The first kappa shape index (κ1) is 20.2. The second-order valence-electron chi connectivity index (χ2n) is 9.10. The fourth-order valence-corrected chi connectivity index (χ4v) is 5.67. The number of fused-ring (bicyclic) bond motifs is 1. The lowest BCUT2D eigenvalue weighted by Crippen LogP contribution is -2.51. The minimum atomic E-state index is -0.196. The zero-order chi connectivity index (χ0) is 18.7. The maximum Gasteiger partial charge on any atom is 0.302 e. The first-order chi connectivity index (χ1) is 11.7. The van der Waals surface area contributed by atoms with Crippen LogP contribution in [0.4, 0.5) is 0 Å². The number of ether oxygens (including phenoxy) is 1. The number of hydrogen-bond donors (Lipinski definition) is 0. The van der Waals surface area contributed by atoms with Gasteiger partial charge in [0, 0.05) is 12.3 Å². The summed E-state index contributed by atoms with van der Waals surface area (Å²) in [4.78, 5) is 22.7. The normalized spacial score (nSPS) is 36.4. The molecule has 0 radical (unpaired) electrons. The number of rotatable bonds is 7. The molecule has 0 bridgehead atoms. The summed E-state index contributed by atoms with van der Waals surface area (Å²) >= 11 is 0. The van der Waals surface area contributed by atoms with E-state index >= 15 is 0 Å². The molecule has 0 saturated heterocycles. The summed E-state index contributed by atoms with van der Waals surface area (Å²) in [6.07, 6.45) is 10.0. The third kappa shape index (κ3) is 4.35. The molecule has 5 atom stereocenters. The van der Waals surface area contributed by atoms with E-state index in [-0.39, 0.29) is 16.8 Å². The molecule has 0 unspecified atom stereocenters. The largest absolute Gasteiger partial charge is 0.466 e. The zero-order valence-electron chi connectivity index (χ0n) is 16.6. The van der Waals surface area contributed by atoms with Gasteiger partial charge in [-0.25, -0.2) is 0 Å². The molecule has 0 aromatic rings. The van der Waals surface area contributed by atoms with Gasteiger partial charge in [-0.05, 0) is 68.1 Å². The van der Waals surface area contributed by atoms with Crippen molar-refractivity contribution in [2.24, 2.45) is 28.6 Å². The quantitative estimate of drug-likeness (QED) is 0.354. The smallest absolute Gasteiger partial charge is 0.302 e. The molecule has 0 aromatic heterocycles. The van der Waals surface area contributed by atoms with Crippen molar-refractivity contribution in [3.8, 4) is 0 Å². The van der Waals surface area contributed by atoms with Crippen LogP contribution in [-0.4, -0.2) is 18.9 Å². The van der Waals surface area contributed by atoms with Crippen LogP contribution in [0, 0.1) is 28.6 Å². The van der Waals surface area contributed by atoms with Crippen molar-refractivity contribution in [2.75, 3.05) is 6.61 Å². The van der Waals surface area contributed by atoms with Gasteiger partial charge in [-0.2, -0.15) is 0 Å². The average Bonchev–Trinajstić information content (AvgIpc) is 2.53. The number of carbonyl (C=O) groups is 2. The number of aldehydes is 1. The van der Waals surface area contributed by atoms with Gasteiger partial charge in [0.2, 0.25) is 0 Å². The van der Waals surface area contributed by atoms with Crippen LogP contribution >= 0.6 is 0 Å². The standard InChI is InChI=1S/C22H36O3/c1-16(11-14-25-18(3)24)7-9-19-17(2)8-10-20-21(4,15-23)12-6-13-22(19,20)5/h15-16,19-20H,2,6-14H2,1,3-5H3/t16-,19+,20+,21-,22-/m1/s1. The number of carbonyl (C=O) groups excluding carboxylic acids is 2. The van der Waals surface area contributed by atoms with E-state index in [1.165, 1.54) is 25.2 Å². The molecule has 0 amide bonds. The van der Waals surface area contributed by atoms with E-state index in [2.05, 4.69) is 27.4 Å². The second-order valence-corrected chi connectivity index (χ2v) is 9.10. The minimum Gasteiger partial charge on any atom is -0.466 e. The molecule has 0 N–H and O–H groups in total. The Morgan fingerprint density at radius 3 is 2.72 bits per heavy atom. The summed E-state index contributed by atoms with van der Waals surface area (Å²) in [5, 5.41) is 0. The molecule has 25 heavy (non-hydrogen) atoms. The highest BCUT2D eigenvalue weighted by Crippen LogP contribution is 2.61. The van der Waals surface area contributed by atoms with E-state index in [0.29, 0.717) is 24.4 Å². The SMILES string of the molecule is C=C1CC[C@@H]2[C@](C)(CCC[C@]2(C)C=O)[C@H]1CC[C@@H](C)CCOC(C)=O. The first-order valence-electron chi connectivity index (χ1n) is 10.0. The number of hydrogen-bond acceptors (Lipinski definition) is 3. The Morgan fingerprint density at radius 1 is 1.36 bits per heavy atom. The Kier molecular flexibility index (Phi) is 6.51. The van der Waals surface area contributed by atoms with Gasteiger partial charge in [-0.15, -0.1) is 0 Å². The van der Waals surface area contributed by atoms with Crippen LogP contribution in [0.2, 0.25) is 0 Å². The summed E-state index contributed by atoms with van der Waals surface area (Å²) in [6.45, 7) is 13.2. The molecule has 0 aliphatic heterocycles. The average molecular weight is 349 g/mol. The lowest BCUT2D eigenvalue weighted by molar-refractivity contribution is -0.141. The van der Waals surface area contributed by atoms with Crippen molar-refractivity contribution in [1.82, 2.24) is 0 Å². The van der Waals surface area contributed by atoms with Crippen LogP contribution in [0.5, 0.6) is 0 Å². The summed E-state index contributed by atoms with van der Waals surface area (Å²) in [7, 11) is 0. The lowest BCUT2D eigenvalue weighted by Gasteiger charge is -2.57. The van der Waals surface area contributed by atoms with Crippen LogP contribution in [0.1, 0.15) is 79.1 Å². The predicted octanol–water partition coefficient (Wildman–Crippen LogP) is 5.33. The van der Waals surface area contributed by atoms with Crippen molar-refractivity contribution in [2.45, 2.75) is 79.1 Å². The summed E-state index contributed by atoms with van der Waals surface area (Å²) in [5.74, 6) is 1.34. The highest BCUT2D eigenvalue weighted by molar-refractivity contribution is 5.65. The second kappa shape index (κ2) is 8.05. The number of esters is 1. The van der Waals surface area contributed by atoms with E-state index in [0.717, 1.165) is 44.9 Å². The topological polar surface area (TPSA) is 43.4 Å². The molecular weight excluding hydrogens is 312 g/mol. The monoisotopic (exact) mass is 348 g/mol. The highest BCUT2D eigenvalue weighted by Gasteiger charge is 2.54. The van der Waals surface area contributed by atoms with Gasteiger partial charge in [0.25, 0.3) is 0 Å². The van der Waals surface area contributed by atoms with E-state index < -0.39 is 0 Å². The number of allylic oxidation sites excluding steroid dienone is 1. The predicted molar refractivity (Wildman–Crippen MR) is 101 cm³/mol.